The van der Waals surface area contributed by atoms with Gasteiger partial charge in [0, 0.05) is 56.0 Å². The van der Waals surface area contributed by atoms with Gasteiger partial charge >= 0.3 is 0 Å². The molecule has 0 saturated carbocycles. The minimum Gasteiger partial charge on any atom is -0.497 e. The van der Waals surface area contributed by atoms with Gasteiger partial charge in [-0.2, -0.15) is 9.50 Å². The Morgan fingerprint density at radius 1 is 0.806 bits per heavy atom. The molecule has 5 aromatic rings. The highest BCUT2D eigenvalue weighted by molar-refractivity contribution is 5.61. The number of piperazine rings is 1. The lowest BCUT2D eigenvalue weighted by Gasteiger charge is -2.36. The number of hydrogen-bond acceptors (Lipinski definition) is 10. The van der Waals surface area contributed by atoms with E-state index in [0.29, 0.717) is 28.9 Å². The first-order valence-electron chi connectivity index (χ1n) is 11.7. The summed E-state index contributed by atoms with van der Waals surface area (Å²) in [6.07, 6.45) is 5.19. The van der Waals surface area contributed by atoms with Crippen LogP contribution in [0.25, 0.3) is 28.6 Å². The lowest BCUT2D eigenvalue weighted by atomic mass is 10.2. The van der Waals surface area contributed by atoms with Crippen LogP contribution in [0.3, 0.4) is 0 Å². The smallest absolute Gasteiger partial charge is 0.272 e. The highest BCUT2D eigenvalue weighted by Gasteiger charge is 2.21. The number of benzene rings is 1. The van der Waals surface area contributed by atoms with Crippen molar-refractivity contribution in [2.45, 2.75) is 6.92 Å². The zero-order valence-electron chi connectivity index (χ0n) is 20.0. The van der Waals surface area contributed by atoms with Crippen LogP contribution in [0.2, 0.25) is 0 Å². The summed E-state index contributed by atoms with van der Waals surface area (Å²) >= 11 is 0. The average Bonchev–Trinajstić information content (AvgIpc) is 3.40. The molecule has 11 nitrogen and oxygen atoms in total. The van der Waals surface area contributed by atoms with Crippen LogP contribution in [0.4, 0.5) is 11.6 Å². The number of hydrogen-bond donors (Lipinski definition) is 0. The predicted molar refractivity (Wildman–Crippen MR) is 135 cm³/mol. The first kappa shape index (κ1) is 21.8. The summed E-state index contributed by atoms with van der Waals surface area (Å²) < 4.78 is 6.97. The number of aryl methyl sites for hydroxylation is 1. The van der Waals surface area contributed by atoms with Crippen LogP contribution in [0, 0.1) is 6.92 Å². The van der Waals surface area contributed by atoms with Crippen molar-refractivity contribution in [1.29, 1.82) is 0 Å². The molecule has 0 atom stereocenters. The molecule has 0 spiro atoms. The standard InChI is InChI=1S/C25H24N10O/c1-17-22(30-31-25-29-23(32-35(17)25)18-7-10-26-11-8-18)21-9-12-27-24(28-21)34-15-13-33(14-16-34)19-3-5-20(36-2)6-4-19/h3-12H,13-16H2,1-2H3. The monoisotopic (exact) mass is 480 g/mol. The second-order valence-electron chi connectivity index (χ2n) is 8.43. The maximum atomic E-state index is 5.27. The van der Waals surface area contributed by atoms with E-state index in [1.807, 2.05) is 37.3 Å². The van der Waals surface area contributed by atoms with Crippen LogP contribution in [-0.2, 0) is 0 Å². The summed E-state index contributed by atoms with van der Waals surface area (Å²) in [7, 11) is 1.68. The molecule has 0 radical (unpaired) electrons. The average molecular weight is 481 g/mol. The number of pyridine rings is 1. The van der Waals surface area contributed by atoms with Crippen LogP contribution in [0.5, 0.6) is 5.75 Å². The number of rotatable bonds is 5. The van der Waals surface area contributed by atoms with Gasteiger partial charge in [0.1, 0.15) is 11.4 Å². The number of nitrogens with zero attached hydrogens (tertiary/aromatic N) is 10. The molecule has 0 unspecified atom stereocenters. The Balaban J connectivity index is 1.23. The Bertz CT molecular complexity index is 1500. The van der Waals surface area contributed by atoms with Gasteiger partial charge in [-0.1, -0.05) is 0 Å². The summed E-state index contributed by atoms with van der Waals surface area (Å²) in [5, 5.41) is 13.4. The van der Waals surface area contributed by atoms with E-state index < -0.39 is 0 Å². The number of ether oxygens (including phenoxy) is 1. The maximum absolute atomic E-state index is 5.27. The largest absolute Gasteiger partial charge is 0.497 e. The summed E-state index contributed by atoms with van der Waals surface area (Å²) in [6.45, 7) is 5.33. The topological polar surface area (TPSA) is 110 Å². The van der Waals surface area contributed by atoms with Crippen molar-refractivity contribution in [2.75, 3.05) is 43.1 Å². The fraction of sp³-hybridized carbons (Fsp3) is 0.240. The van der Waals surface area contributed by atoms with Crippen molar-refractivity contribution < 1.29 is 4.74 Å². The zero-order valence-corrected chi connectivity index (χ0v) is 20.0. The molecule has 6 rings (SSSR count). The van der Waals surface area contributed by atoms with E-state index in [4.69, 9.17) is 9.72 Å². The Labute approximate surface area is 207 Å². The third kappa shape index (κ3) is 4.04. The Kier molecular flexibility index (Phi) is 5.56. The third-order valence-corrected chi connectivity index (χ3v) is 6.31. The fourth-order valence-corrected chi connectivity index (χ4v) is 4.31. The van der Waals surface area contributed by atoms with E-state index >= 15 is 0 Å². The maximum Gasteiger partial charge on any atom is 0.272 e. The Hall–Kier alpha value is -4.67. The fourth-order valence-electron chi connectivity index (χ4n) is 4.31. The molecule has 0 bridgehead atoms. The quantitative estimate of drug-likeness (QED) is 0.372. The normalized spacial score (nSPS) is 13.8. The van der Waals surface area contributed by atoms with E-state index in [-0.39, 0.29) is 0 Å². The van der Waals surface area contributed by atoms with Crippen molar-refractivity contribution in [2.24, 2.45) is 0 Å². The highest BCUT2D eigenvalue weighted by atomic mass is 16.5. The van der Waals surface area contributed by atoms with Gasteiger partial charge in [-0.15, -0.1) is 15.3 Å². The highest BCUT2D eigenvalue weighted by Crippen LogP contribution is 2.24. The minimum atomic E-state index is 0.437. The van der Waals surface area contributed by atoms with E-state index in [2.05, 4.69) is 52.2 Å². The first-order valence-corrected chi connectivity index (χ1v) is 11.7. The second-order valence-corrected chi connectivity index (χ2v) is 8.43. The number of methoxy groups -OCH3 is 1. The molecule has 0 amide bonds. The van der Waals surface area contributed by atoms with Crippen LogP contribution < -0.4 is 14.5 Å². The van der Waals surface area contributed by atoms with Crippen molar-refractivity contribution in [3.8, 4) is 28.5 Å². The summed E-state index contributed by atoms with van der Waals surface area (Å²) in [4.78, 5) is 22.5. The molecule has 36 heavy (non-hydrogen) atoms. The molecule has 5 heterocycles. The van der Waals surface area contributed by atoms with Crippen molar-refractivity contribution in [3.63, 3.8) is 0 Å². The van der Waals surface area contributed by atoms with E-state index in [9.17, 15) is 0 Å². The SMILES string of the molecule is COc1ccc(N2CCN(c3nccc(-c4nnc5nc(-c6ccncc6)nn5c4C)n3)CC2)cc1. The van der Waals surface area contributed by atoms with Gasteiger partial charge in [-0.25, -0.2) is 9.97 Å². The molecule has 1 aromatic carbocycles. The van der Waals surface area contributed by atoms with Crippen molar-refractivity contribution in [3.05, 3.63) is 66.7 Å². The van der Waals surface area contributed by atoms with Gasteiger partial charge in [0.25, 0.3) is 5.78 Å². The lowest BCUT2D eigenvalue weighted by molar-refractivity contribution is 0.415. The van der Waals surface area contributed by atoms with Gasteiger partial charge in [-0.3, -0.25) is 4.98 Å². The van der Waals surface area contributed by atoms with Crippen molar-refractivity contribution in [1.82, 2.24) is 39.7 Å². The summed E-state index contributed by atoms with van der Waals surface area (Å²) in [5.41, 5.74) is 4.21. The molecule has 1 aliphatic rings. The number of anilines is 2. The number of fused-ring (bicyclic) bond motifs is 1. The van der Waals surface area contributed by atoms with Gasteiger partial charge in [0.15, 0.2) is 5.82 Å². The second kappa shape index (κ2) is 9.17. The van der Waals surface area contributed by atoms with E-state index in [1.54, 1.807) is 30.2 Å². The molecule has 1 fully saturated rings. The predicted octanol–water partition coefficient (Wildman–Crippen LogP) is 2.68. The van der Waals surface area contributed by atoms with E-state index in [0.717, 1.165) is 43.2 Å². The third-order valence-electron chi connectivity index (χ3n) is 6.31. The molecule has 1 aliphatic heterocycles. The van der Waals surface area contributed by atoms with Gasteiger partial charge < -0.3 is 14.5 Å². The van der Waals surface area contributed by atoms with Crippen molar-refractivity contribution >= 4 is 17.4 Å². The van der Waals surface area contributed by atoms with Gasteiger partial charge in [0.05, 0.1) is 18.5 Å². The van der Waals surface area contributed by atoms with Crippen LogP contribution in [0.15, 0.2) is 61.1 Å². The minimum absolute atomic E-state index is 0.437. The number of aromatic nitrogens is 8. The van der Waals surface area contributed by atoms with Gasteiger partial charge in [-0.05, 0) is 49.4 Å². The van der Waals surface area contributed by atoms with Crippen LogP contribution in [-0.4, -0.2) is 73.0 Å². The molecular formula is C25H24N10O. The first-order chi connectivity index (χ1) is 17.7. The van der Waals surface area contributed by atoms with E-state index in [1.165, 1.54) is 5.69 Å². The molecule has 0 N–H and O–H groups in total. The molecule has 4 aromatic heterocycles. The lowest BCUT2D eigenvalue weighted by Crippen LogP contribution is -2.47. The zero-order chi connectivity index (χ0) is 24.5. The molecule has 1 saturated heterocycles. The van der Waals surface area contributed by atoms with Gasteiger partial charge in [0.2, 0.25) is 5.95 Å². The summed E-state index contributed by atoms with van der Waals surface area (Å²) in [5.74, 6) is 2.55. The Morgan fingerprint density at radius 2 is 1.56 bits per heavy atom. The van der Waals surface area contributed by atoms with Crippen LogP contribution in [0.1, 0.15) is 5.69 Å². The van der Waals surface area contributed by atoms with Crippen LogP contribution >= 0.6 is 0 Å². The molecule has 11 heteroatoms. The molecule has 180 valence electrons. The Morgan fingerprint density at radius 3 is 2.31 bits per heavy atom. The summed E-state index contributed by atoms with van der Waals surface area (Å²) in [6, 6.07) is 13.7. The molecular weight excluding hydrogens is 456 g/mol. The molecule has 0 aliphatic carbocycles.